The van der Waals surface area contributed by atoms with Gasteiger partial charge in [-0.15, -0.1) is 0 Å². The molecular formula is C21H31N3O2. The summed E-state index contributed by atoms with van der Waals surface area (Å²) in [6.07, 6.45) is 14.5. The number of amides is 1. The van der Waals surface area contributed by atoms with Crippen LogP contribution in [0.2, 0.25) is 0 Å². The van der Waals surface area contributed by atoms with Crippen LogP contribution in [-0.2, 0) is 7.05 Å². The number of hydrogen-bond acceptors (Lipinski definition) is 3. The Morgan fingerprint density at radius 3 is 2.77 bits per heavy atom. The van der Waals surface area contributed by atoms with Crippen molar-refractivity contribution >= 4 is 5.91 Å². The number of nitrogens with one attached hydrogen (secondary N) is 1. The Hall–Kier alpha value is -1.52. The molecule has 5 heteroatoms. The Labute approximate surface area is 155 Å². The van der Waals surface area contributed by atoms with E-state index >= 15 is 0 Å². The van der Waals surface area contributed by atoms with Gasteiger partial charge in [0.2, 0.25) is 5.88 Å². The van der Waals surface area contributed by atoms with Crippen molar-refractivity contribution in [3.05, 3.63) is 11.8 Å². The summed E-state index contributed by atoms with van der Waals surface area (Å²) in [5, 5.41) is 7.72. The maximum Gasteiger partial charge on any atom is 0.258 e. The minimum absolute atomic E-state index is 0.0172. The minimum Gasteiger partial charge on any atom is -0.474 e. The summed E-state index contributed by atoms with van der Waals surface area (Å²) in [6, 6.07) is 0.367. The number of aromatic nitrogens is 2. The first-order chi connectivity index (χ1) is 12.7. The molecule has 4 fully saturated rings. The SMILES string of the molecule is Cn1ncc(C(=O)N[C@@H]2C3CC4CCCC2C4C3)c1OC1CCCCC1. The molecule has 1 amide bonds. The van der Waals surface area contributed by atoms with Crippen LogP contribution in [0.3, 0.4) is 0 Å². The van der Waals surface area contributed by atoms with Crippen LogP contribution in [0, 0.1) is 23.7 Å². The van der Waals surface area contributed by atoms with E-state index in [1.165, 1.54) is 51.4 Å². The Morgan fingerprint density at radius 2 is 1.92 bits per heavy atom. The van der Waals surface area contributed by atoms with Gasteiger partial charge in [0.25, 0.3) is 5.91 Å². The van der Waals surface area contributed by atoms with E-state index < -0.39 is 0 Å². The zero-order valence-corrected chi connectivity index (χ0v) is 15.8. The van der Waals surface area contributed by atoms with Gasteiger partial charge in [0.05, 0.1) is 6.20 Å². The maximum absolute atomic E-state index is 13.1. The van der Waals surface area contributed by atoms with E-state index in [1.54, 1.807) is 10.9 Å². The minimum atomic E-state index is 0.0172. The Kier molecular flexibility index (Phi) is 4.21. The van der Waals surface area contributed by atoms with Gasteiger partial charge in [-0.3, -0.25) is 4.79 Å². The van der Waals surface area contributed by atoms with Crippen LogP contribution in [-0.4, -0.2) is 27.8 Å². The van der Waals surface area contributed by atoms with Crippen LogP contribution in [0.1, 0.15) is 74.6 Å². The second-order valence-corrected chi connectivity index (χ2v) is 9.11. The number of hydrogen-bond donors (Lipinski definition) is 1. The highest BCUT2D eigenvalue weighted by Gasteiger charge is 2.54. The highest BCUT2D eigenvalue weighted by molar-refractivity contribution is 5.96. The molecule has 0 aromatic carbocycles. The molecule has 0 aliphatic heterocycles. The number of rotatable bonds is 4. The zero-order chi connectivity index (χ0) is 17.7. The van der Waals surface area contributed by atoms with E-state index in [0.717, 1.165) is 24.7 Å². The van der Waals surface area contributed by atoms with Crippen LogP contribution in [0.25, 0.3) is 0 Å². The fourth-order valence-corrected chi connectivity index (χ4v) is 6.49. The molecule has 4 saturated carbocycles. The standard InChI is InChI=1S/C21H31N3O2/c1-24-21(26-15-7-3-2-4-8-15)18(12-22-24)20(25)23-19-14-10-13-6-5-9-16(19)17(13)11-14/h12-17,19H,2-11H2,1H3,(H,23,25)/t13?,14?,16?,17?,19-/m1/s1. The number of fused-ring (bicyclic) bond motifs is 1. The monoisotopic (exact) mass is 357 g/mol. The highest BCUT2D eigenvalue weighted by atomic mass is 16.5. The van der Waals surface area contributed by atoms with E-state index in [0.29, 0.717) is 29.3 Å². The van der Waals surface area contributed by atoms with Crippen molar-refractivity contribution in [1.82, 2.24) is 15.1 Å². The Balaban J connectivity index is 1.30. The summed E-state index contributed by atoms with van der Waals surface area (Å²) >= 11 is 0. The van der Waals surface area contributed by atoms with Crippen molar-refractivity contribution in [2.24, 2.45) is 30.7 Å². The fraction of sp³-hybridized carbons (Fsp3) is 0.810. The van der Waals surface area contributed by atoms with Crippen molar-refractivity contribution in [2.75, 3.05) is 0 Å². The molecule has 1 N–H and O–H groups in total. The number of carbonyl (C=O) groups is 1. The molecule has 5 nitrogen and oxygen atoms in total. The molecule has 4 unspecified atom stereocenters. The largest absolute Gasteiger partial charge is 0.474 e. The van der Waals surface area contributed by atoms with E-state index in [4.69, 9.17) is 4.74 Å². The molecule has 1 aromatic heterocycles. The lowest BCUT2D eigenvalue weighted by molar-refractivity contribution is 0.0814. The van der Waals surface area contributed by atoms with Gasteiger partial charge in [-0.05, 0) is 68.6 Å². The third-order valence-electron chi connectivity index (χ3n) is 7.67. The summed E-state index contributed by atoms with van der Waals surface area (Å²) in [7, 11) is 1.87. The Morgan fingerprint density at radius 1 is 1.08 bits per heavy atom. The summed E-state index contributed by atoms with van der Waals surface area (Å²) in [6.45, 7) is 0. The molecule has 1 aromatic rings. The molecule has 5 atom stereocenters. The second kappa shape index (κ2) is 6.58. The topological polar surface area (TPSA) is 56.2 Å². The van der Waals surface area contributed by atoms with E-state index in [-0.39, 0.29) is 12.0 Å². The van der Waals surface area contributed by atoms with E-state index in [1.807, 2.05) is 7.05 Å². The maximum atomic E-state index is 13.1. The van der Waals surface area contributed by atoms with Gasteiger partial charge < -0.3 is 10.1 Å². The predicted octanol–water partition coefficient (Wildman–Crippen LogP) is 3.69. The molecule has 1 heterocycles. The average molecular weight is 357 g/mol. The van der Waals surface area contributed by atoms with Crippen molar-refractivity contribution in [3.8, 4) is 5.88 Å². The zero-order valence-electron chi connectivity index (χ0n) is 15.8. The van der Waals surface area contributed by atoms with Gasteiger partial charge in [0.15, 0.2) is 0 Å². The van der Waals surface area contributed by atoms with Gasteiger partial charge in [-0.1, -0.05) is 19.3 Å². The van der Waals surface area contributed by atoms with Crippen LogP contribution in [0.4, 0.5) is 0 Å². The molecule has 26 heavy (non-hydrogen) atoms. The first kappa shape index (κ1) is 16.6. The lowest BCUT2D eigenvalue weighted by Crippen LogP contribution is -2.47. The smallest absolute Gasteiger partial charge is 0.258 e. The molecule has 142 valence electrons. The van der Waals surface area contributed by atoms with Gasteiger partial charge in [-0.25, -0.2) is 4.68 Å². The molecule has 4 aliphatic rings. The third kappa shape index (κ3) is 2.74. The molecule has 0 radical (unpaired) electrons. The van der Waals surface area contributed by atoms with Gasteiger partial charge in [0.1, 0.15) is 11.7 Å². The quantitative estimate of drug-likeness (QED) is 0.894. The number of carbonyl (C=O) groups excluding carboxylic acids is 1. The molecule has 4 aliphatic carbocycles. The van der Waals surface area contributed by atoms with Crippen LogP contribution in [0.5, 0.6) is 5.88 Å². The van der Waals surface area contributed by atoms with Gasteiger partial charge in [-0.2, -0.15) is 5.10 Å². The summed E-state index contributed by atoms with van der Waals surface area (Å²) in [5.74, 6) is 3.87. The Bertz CT molecular complexity index is 677. The number of aryl methyl sites for hydroxylation is 1. The van der Waals surface area contributed by atoms with E-state index in [9.17, 15) is 4.79 Å². The second-order valence-electron chi connectivity index (χ2n) is 9.11. The lowest BCUT2D eigenvalue weighted by Gasteiger charge is -2.40. The fourth-order valence-electron chi connectivity index (χ4n) is 6.49. The first-order valence-electron chi connectivity index (χ1n) is 10.7. The van der Waals surface area contributed by atoms with Crippen molar-refractivity contribution in [3.63, 3.8) is 0 Å². The van der Waals surface area contributed by atoms with Crippen molar-refractivity contribution in [2.45, 2.75) is 76.4 Å². The number of nitrogens with zero attached hydrogens (tertiary/aromatic N) is 2. The normalized spacial score (nSPS) is 36.3. The van der Waals surface area contributed by atoms with Crippen LogP contribution >= 0.6 is 0 Å². The molecule has 5 rings (SSSR count). The van der Waals surface area contributed by atoms with E-state index in [2.05, 4.69) is 10.4 Å². The van der Waals surface area contributed by atoms with Gasteiger partial charge >= 0.3 is 0 Å². The van der Waals surface area contributed by atoms with Gasteiger partial charge in [0, 0.05) is 13.1 Å². The van der Waals surface area contributed by atoms with Crippen molar-refractivity contribution in [1.29, 1.82) is 0 Å². The molecule has 0 saturated heterocycles. The molecule has 0 spiro atoms. The van der Waals surface area contributed by atoms with Crippen LogP contribution in [0.15, 0.2) is 6.20 Å². The first-order valence-corrected chi connectivity index (χ1v) is 10.7. The summed E-state index contributed by atoms with van der Waals surface area (Å²) in [4.78, 5) is 13.1. The highest BCUT2D eigenvalue weighted by Crippen LogP contribution is 2.57. The lowest BCUT2D eigenvalue weighted by atomic mass is 9.69. The van der Waals surface area contributed by atoms with Crippen LogP contribution < -0.4 is 10.1 Å². The summed E-state index contributed by atoms with van der Waals surface area (Å²) in [5.41, 5.74) is 0.619. The average Bonchev–Trinajstić information content (AvgIpc) is 3.32. The summed E-state index contributed by atoms with van der Waals surface area (Å²) < 4.78 is 7.95. The molecule has 2 bridgehead atoms. The molecular weight excluding hydrogens is 326 g/mol. The van der Waals surface area contributed by atoms with Crippen molar-refractivity contribution < 1.29 is 9.53 Å². The predicted molar refractivity (Wildman–Crippen MR) is 99.0 cm³/mol. The number of ether oxygens (including phenoxy) is 1. The third-order valence-corrected chi connectivity index (χ3v) is 7.67.